The third-order valence-electron chi connectivity index (χ3n) is 5.98. The average molecular weight is 476 g/mol. The van der Waals surface area contributed by atoms with Gasteiger partial charge in [-0.05, 0) is 70.9 Å². The highest BCUT2D eigenvalue weighted by molar-refractivity contribution is 6.10. The average Bonchev–Trinajstić information content (AvgIpc) is 3.11. The van der Waals surface area contributed by atoms with Crippen molar-refractivity contribution < 1.29 is 14.3 Å². The molecule has 35 heavy (non-hydrogen) atoms. The van der Waals surface area contributed by atoms with E-state index in [4.69, 9.17) is 14.5 Å². The number of aliphatic imine (C=N–C) groups is 1. The first-order valence-corrected chi connectivity index (χ1v) is 12.0. The number of benzene rings is 2. The molecule has 184 valence electrons. The Kier molecular flexibility index (Phi) is 7.39. The van der Waals surface area contributed by atoms with Crippen LogP contribution in [-0.4, -0.2) is 41.4 Å². The standard InChI is InChI=1S/C27H33N5O3/c1-6-32-20(5)23(19(4)31-32)9-10-28-27(30-26(33)21-14-17(2)13-18(3)15-21)29-22-7-8-24-25(16-22)35-12-11-34-24/h7-8,13-16H,6,9-12H2,1-5H3,(H2,28,29,30,33). The highest BCUT2D eigenvalue weighted by atomic mass is 16.6. The molecule has 0 fully saturated rings. The van der Waals surface area contributed by atoms with Crippen molar-refractivity contribution in [3.8, 4) is 11.5 Å². The number of carbonyl (C=O) groups is 1. The molecule has 2 aromatic carbocycles. The monoisotopic (exact) mass is 475 g/mol. The quantitative estimate of drug-likeness (QED) is 0.409. The van der Waals surface area contributed by atoms with Gasteiger partial charge in [0.1, 0.15) is 13.2 Å². The first-order valence-electron chi connectivity index (χ1n) is 12.0. The predicted molar refractivity (Wildman–Crippen MR) is 138 cm³/mol. The van der Waals surface area contributed by atoms with Gasteiger partial charge in [0.25, 0.3) is 5.91 Å². The normalized spacial score (nSPS) is 13.0. The lowest BCUT2D eigenvalue weighted by Gasteiger charge is -2.19. The summed E-state index contributed by atoms with van der Waals surface area (Å²) in [5.41, 5.74) is 6.77. The molecule has 0 saturated carbocycles. The van der Waals surface area contributed by atoms with E-state index in [0.717, 1.165) is 41.2 Å². The first kappa shape index (κ1) is 24.3. The number of hydrogen-bond acceptors (Lipinski definition) is 5. The fraction of sp³-hybridized carbons (Fsp3) is 0.370. The van der Waals surface area contributed by atoms with E-state index >= 15 is 0 Å². The van der Waals surface area contributed by atoms with E-state index in [1.54, 1.807) is 0 Å². The summed E-state index contributed by atoms with van der Waals surface area (Å²) in [7, 11) is 0. The van der Waals surface area contributed by atoms with Gasteiger partial charge in [-0.3, -0.25) is 19.8 Å². The highest BCUT2D eigenvalue weighted by Gasteiger charge is 2.15. The lowest BCUT2D eigenvalue weighted by Crippen LogP contribution is -2.36. The fourth-order valence-corrected chi connectivity index (χ4v) is 4.34. The van der Waals surface area contributed by atoms with Crippen LogP contribution in [0.3, 0.4) is 0 Å². The van der Waals surface area contributed by atoms with Crippen LogP contribution in [0.25, 0.3) is 0 Å². The Morgan fingerprint density at radius 2 is 1.74 bits per heavy atom. The largest absolute Gasteiger partial charge is 0.486 e. The molecule has 1 aliphatic rings. The number of nitrogens with one attached hydrogen (secondary N) is 2. The second-order valence-corrected chi connectivity index (χ2v) is 8.76. The van der Waals surface area contributed by atoms with Crippen LogP contribution >= 0.6 is 0 Å². The van der Waals surface area contributed by atoms with Crippen LogP contribution in [-0.2, 0) is 13.0 Å². The molecule has 0 aliphatic carbocycles. The molecule has 2 heterocycles. The molecule has 1 amide bonds. The number of fused-ring (bicyclic) bond motifs is 1. The van der Waals surface area contributed by atoms with Gasteiger partial charge in [0.15, 0.2) is 11.5 Å². The number of aromatic nitrogens is 2. The van der Waals surface area contributed by atoms with Gasteiger partial charge in [0.2, 0.25) is 5.96 Å². The highest BCUT2D eigenvalue weighted by Crippen LogP contribution is 2.32. The van der Waals surface area contributed by atoms with E-state index in [-0.39, 0.29) is 5.91 Å². The van der Waals surface area contributed by atoms with Crippen molar-refractivity contribution >= 4 is 17.6 Å². The van der Waals surface area contributed by atoms with E-state index in [1.165, 1.54) is 5.56 Å². The molecule has 4 rings (SSSR count). The summed E-state index contributed by atoms with van der Waals surface area (Å²) in [4.78, 5) is 17.8. The van der Waals surface area contributed by atoms with Gasteiger partial charge in [0.05, 0.1) is 5.69 Å². The summed E-state index contributed by atoms with van der Waals surface area (Å²) in [6, 6.07) is 11.4. The number of guanidine groups is 1. The zero-order chi connectivity index (χ0) is 24.9. The summed E-state index contributed by atoms with van der Waals surface area (Å²) < 4.78 is 13.3. The lowest BCUT2D eigenvalue weighted by atomic mass is 10.1. The molecule has 0 unspecified atom stereocenters. The predicted octanol–water partition coefficient (Wildman–Crippen LogP) is 4.35. The summed E-state index contributed by atoms with van der Waals surface area (Å²) in [6.07, 6.45) is 0.726. The molecule has 1 aliphatic heterocycles. The maximum atomic E-state index is 13.1. The third-order valence-corrected chi connectivity index (χ3v) is 5.98. The van der Waals surface area contributed by atoms with E-state index in [1.807, 2.05) is 61.9 Å². The molecule has 0 radical (unpaired) electrons. The molecule has 0 saturated heterocycles. The van der Waals surface area contributed by atoms with Crippen LogP contribution in [0.1, 0.15) is 45.4 Å². The molecule has 1 aromatic heterocycles. The van der Waals surface area contributed by atoms with Crippen LogP contribution in [0.2, 0.25) is 0 Å². The third kappa shape index (κ3) is 5.82. The van der Waals surface area contributed by atoms with Crippen LogP contribution in [0.15, 0.2) is 41.4 Å². The van der Waals surface area contributed by atoms with Crippen LogP contribution in [0.5, 0.6) is 11.5 Å². The van der Waals surface area contributed by atoms with Gasteiger partial charge in [-0.15, -0.1) is 0 Å². The van der Waals surface area contributed by atoms with Crippen LogP contribution in [0, 0.1) is 27.7 Å². The number of carbonyl (C=O) groups excluding carboxylic acids is 1. The van der Waals surface area contributed by atoms with Gasteiger partial charge in [-0.1, -0.05) is 17.2 Å². The minimum Gasteiger partial charge on any atom is -0.486 e. The van der Waals surface area contributed by atoms with Crippen molar-refractivity contribution in [3.05, 3.63) is 70.0 Å². The maximum absolute atomic E-state index is 13.1. The molecule has 0 spiro atoms. The maximum Gasteiger partial charge on any atom is 0.257 e. The molecule has 8 heteroatoms. The van der Waals surface area contributed by atoms with Crippen molar-refractivity contribution in [2.75, 3.05) is 25.1 Å². The Hall–Kier alpha value is -3.81. The molecule has 8 nitrogen and oxygen atoms in total. The lowest BCUT2D eigenvalue weighted by molar-refractivity contribution is 0.0976. The van der Waals surface area contributed by atoms with E-state index < -0.39 is 0 Å². The summed E-state index contributed by atoms with van der Waals surface area (Å²) in [5.74, 6) is 1.54. The van der Waals surface area contributed by atoms with Gasteiger partial charge < -0.3 is 14.8 Å². The number of anilines is 1. The SMILES string of the molecule is CCn1nc(C)c(CCN=C(NC(=O)c2cc(C)cc(C)c2)Nc2ccc3c(c2)OCCO3)c1C. The number of ether oxygens (including phenoxy) is 2. The van der Waals surface area contributed by atoms with Crippen LogP contribution in [0.4, 0.5) is 5.69 Å². The zero-order valence-corrected chi connectivity index (χ0v) is 21.1. The second kappa shape index (κ2) is 10.6. The van der Waals surface area contributed by atoms with Crippen molar-refractivity contribution in [3.63, 3.8) is 0 Å². The van der Waals surface area contributed by atoms with E-state index in [0.29, 0.717) is 42.8 Å². The summed E-state index contributed by atoms with van der Waals surface area (Å²) in [5, 5.41) is 10.8. The topological polar surface area (TPSA) is 89.8 Å². The zero-order valence-electron chi connectivity index (χ0n) is 21.1. The molecule has 0 atom stereocenters. The minimum absolute atomic E-state index is 0.216. The van der Waals surface area contributed by atoms with Gasteiger partial charge in [0, 0.05) is 36.1 Å². The van der Waals surface area contributed by atoms with Crippen molar-refractivity contribution in [1.29, 1.82) is 0 Å². The van der Waals surface area contributed by atoms with Crippen molar-refractivity contribution in [2.24, 2.45) is 4.99 Å². The smallest absolute Gasteiger partial charge is 0.257 e. The number of aryl methyl sites for hydroxylation is 4. The Morgan fingerprint density at radius 1 is 1.03 bits per heavy atom. The Bertz CT molecular complexity index is 1240. The summed E-state index contributed by atoms with van der Waals surface area (Å²) >= 11 is 0. The number of hydrogen-bond donors (Lipinski definition) is 2. The van der Waals surface area contributed by atoms with Crippen molar-refractivity contribution in [2.45, 2.75) is 47.6 Å². The first-order chi connectivity index (χ1) is 16.8. The number of rotatable bonds is 6. The Labute approximate surface area is 206 Å². The fourth-order valence-electron chi connectivity index (χ4n) is 4.34. The van der Waals surface area contributed by atoms with E-state index in [2.05, 4.69) is 29.6 Å². The Balaban J connectivity index is 1.56. The van der Waals surface area contributed by atoms with Crippen LogP contribution < -0.4 is 20.1 Å². The minimum atomic E-state index is -0.216. The molecular formula is C27H33N5O3. The Morgan fingerprint density at radius 3 is 2.43 bits per heavy atom. The van der Waals surface area contributed by atoms with E-state index in [9.17, 15) is 4.79 Å². The summed E-state index contributed by atoms with van der Waals surface area (Å²) in [6.45, 7) is 12.5. The van der Waals surface area contributed by atoms with Gasteiger partial charge in [-0.2, -0.15) is 5.10 Å². The molecular weight excluding hydrogens is 442 g/mol. The molecule has 0 bridgehead atoms. The molecule has 2 N–H and O–H groups in total. The second-order valence-electron chi connectivity index (χ2n) is 8.76. The van der Waals surface area contributed by atoms with Crippen molar-refractivity contribution in [1.82, 2.24) is 15.1 Å². The number of nitrogens with zero attached hydrogens (tertiary/aromatic N) is 3. The number of amides is 1. The molecule has 3 aromatic rings. The van der Waals surface area contributed by atoms with Gasteiger partial charge in [-0.25, -0.2) is 0 Å². The van der Waals surface area contributed by atoms with Gasteiger partial charge >= 0.3 is 0 Å².